The van der Waals surface area contributed by atoms with Crippen LogP contribution in [0.1, 0.15) is 23.7 Å². The van der Waals surface area contributed by atoms with Gasteiger partial charge in [0.2, 0.25) is 0 Å². The van der Waals surface area contributed by atoms with Crippen molar-refractivity contribution in [2.24, 2.45) is 0 Å². The topological polar surface area (TPSA) is 96.7 Å². The van der Waals surface area contributed by atoms with E-state index in [1.165, 1.54) is 0 Å². The van der Waals surface area contributed by atoms with E-state index in [2.05, 4.69) is 17.6 Å². The van der Waals surface area contributed by atoms with Crippen molar-refractivity contribution >= 4 is 24.6 Å². The Bertz CT molecular complexity index is 425. The van der Waals surface area contributed by atoms with Crippen molar-refractivity contribution in [2.75, 3.05) is 6.61 Å². The predicted octanol–water partition coefficient (Wildman–Crippen LogP) is 1.39. The van der Waals surface area contributed by atoms with Gasteiger partial charge in [-0.15, -0.1) is 0 Å². The van der Waals surface area contributed by atoms with Gasteiger partial charge < -0.3 is 14.9 Å². The van der Waals surface area contributed by atoms with E-state index in [0.717, 1.165) is 5.56 Å². The molecule has 7 heteroatoms. The SMILES string of the molecule is O=C(O)CCC(OCC(S)c1ccncc1)C(=O)O. The van der Waals surface area contributed by atoms with Crippen LogP contribution in [0.5, 0.6) is 0 Å². The summed E-state index contributed by atoms with van der Waals surface area (Å²) in [7, 11) is 0. The number of hydrogen-bond donors (Lipinski definition) is 3. The number of carbonyl (C=O) groups is 2. The highest BCUT2D eigenvalue weighted by atomic mass is 32.1. The molecular weight excluding hydrogens is 270 g/mol. The molecule has 0 aliphatic rings. The summed E-state index contributed by atoms with van der Waals surface area (Å²) in [5.74, 6) is -2.22. The third-order valence-electron chi connectivity index (χ3n) is 2.44. The van der Waals surface area contributed by atoms with Crippen LogP contribution in [0.4, 0.5) is 0 Å². The lowest BCUT2D eigenvalue weighted by atomic mass is 10.2. The first-order chi connectivity index (χ1) is 9.00. The van der Waals surface area contributed by atoms with E-state index in [1.54, 1.807) is 24.5 Å². The maximum atomic E-state index is 10.9. The van der Waals surface area contributed by atoms with Crippen LogP contribution in [0.3, 0.4) is 0 Å². The maximum Gasteiger partial charge on any atom is 0.332 e. The molecule has 2 atom stereocenters. The number of ether oxygens (including phenoxy) is 1. The van der Waals surface area contributed by atoms with Crippen LogP contribution in [-0.4, -0.2) is 39.8 Å². The summed E-state index contributed by atoms with van der Waals surface area (Å²) in [4.78, 5) is 25.2. The van der Waals surface area contributed by atoms with Crippen LogP contribution in [-0.2, 0) is 14.3 Å². The lowest BCUT2D eigenvalue weighted by molar-refractivity contribution is -0.151. The zero-order valence-corrected chi connectivity index (χ0v) is 11.0. The Morgan fingerprint density at radius 1 is 1.32 bits per heavy atom. The third kappa shape index (κ3) is 5.71. The molecule has 0 spiro atoms. The molecule has 1 aromatic heterocycles. The molecule has 0 aromatic carbocycles. The van der Waals surface area contributed by atoms with Gasteiger partial charge in [-0.2, -0.15) is 12.6 Å². The molecule has 0 bridgehead atoms. The number of carboxylic acid groups (broad SMARTS) is 2. The molecule has 0 fully saturated rings. The van der Waals surface area contributed by atoms with Gasteiger partial charge in [-0.25, -0.2) is 4.79 Å². The summed E-state index contributed by atoms with van der Waals surface area (Å²) in [6.45, 7) is 0.0870. The van der Waals surface area contributed by atoms with E-state index in [9.17, 15) is 9.59 Å². The predicted molar refractivity (Wildman–Crippen MR) is 70.2 cm³/mol. The van der Waals surface area contributed by atoms with Crippen molar-refractivity contribution < 1.29 is 24.5 Å². The van der Waals surface area contributed by atoms with Gasteiger partial charge >= 0.3 is 11.9 Å². The van der Waals surface area contributed by atoms with Crippen LogP contribution in [0, 0.1) is 0 Å². The zero-order chi connectivity index (χ0) is 14.3. The largest absolute Gasteiger partial charge is 0.481 e. The average Bonchev–Trinajstić information content (AvgIpc) is 2.38. The first kappa shape index (κ1) is 15.5. The first-order valence-electron chi connectivity index (χ1n) is 5.65. The quantitative estimate of drug-likeness (QED) is 0.624. The fourth-order valence-electron chi connectivity index (χ4n) is 1.42. The summed E-state index contributed by atoms with van der Waals surface area (Å²) in [6, 6.07) is 3.52. The Morgan fingerprint density at radius 3 is 2.47 bits per heavy atom. The second-order valence-corrected chi connectivity index (χ2v) is 4.51. The molecule has 1 heterocycles. The van der Waals surface area contributed by atoms with Gasteiger partial charge in [-0.1, -0.05) is 0 Å². The third-order valence-corrected chi connectivity index (χ3v) is 2.89. The van der Waals surface area contributed by atoms with Crippen LogP contribution in [0.25, 0.3) is 0 Å². The Hall–Kier alpha value is -1.60. The highest BCUT2D eigenvalue weighted by Gasteiger charge is 2.20. The molecule has 2 N–H and O–H groups in total. The van der Waals surface area contributed by atoms with Crippen LogP contribution in [0.2, 0.25) is 0 Å². The highest BCUT2D eigenvalue weighted by molar-refractivity contribution is 7.80. The van der Waals surface area contributed by atoms with E-state index in [4.69, 9.17) is 14.9 Å². The molecule has 0 saturated heterocycles. The minimum Gasteiger partial charge on any atom is -0.481 e. The summed E-state index contributed by atoms with van der Waals surface area (Å²) in [5, 5.41) is 17.2. The Labute approximate surface area is 115 Å². The van der Waals surface area contributed by atoms with Gasteiger partial charge in [0, 0.05) is 18.8 Å². The molecule has 0 aliphatic heterocycles. The lowest BCUT2D eigenvalue weighted by Gasteiger charge is -2.16. The molecule has 0 saturated carbocycles. The smallest absolute Gasteiger partial charge is 0.332 e. The molecule has 0 amide bonds. The van der Waals surface area contributed by atoms with Crippen LogP contribution < -0.4 is 0 Å². The number of nitrogens with zero attached hydrogens (tertiary/aromatic N) is 1. The standard InChI is InChI=1S/C12H15NO5S/c14-11(15)2-1-9(12(16)17)18-7-10(19)8-3-5-13-6-4-8/h3-6,9-10,19H,1-2,7H2,(H,14,15)(H,16,17). The van der Waals surface area contributed by atoms with Crippen molar-refractivity contribution in [1.82, 2.24) is 4.98 Å². The molecule has 19 heavy (non-hydrogen) atoms. The molecule has 2 unspecified atom stereocenters. The maximum absolute atomic E-state index is 10.9. The molecular formula is C12H15NO5S. The number of thiol groups is 1. The number of rotatable bonds is 8. The molecule has 0 aliphatic carbocycles. The van der Waals surface area contributed by atoms with Crippen molar-refractivity contribution in [3.63, 3.8) is 0 Å². The van der Waals surface area contributed by atoms with Gasteiger partial charge in [-0.05, 0) is 24.1 Å². The van der Waals surface area contributed by atoms with Gasteiger partial charge in [0.1, 0.15) is 0 Å². The molecule has 6 nitrogen and oxygen atoms in total. The molecule has 104 valence electrons. The normalized spacial score (nSPS) is 13.7. The number of hydrogen-bond acceptors (Lipinski definition) is 5. The van der Waals surface area contributed by atoms with Crippen molar-refractivity contribution in [3.05, 3.63) is 30.1 Å². The summed E-state index contributed by atoms with van der Waals surface area (Å²) < 4.78 is 5.21. The number of aliphatic carboxylic acids is 2. The second-order valence-electron chi connectivity index (χ2n) is 3.89. The Morgan fingerprint density at radius 2 is 1.95 bits per heavy atom. The van der Waals surface area contributed by atoms with Crippen LogP contribution in [0.15, 0.2) is 24.5 Å². The van der Waals surface area contributed by atoms with Gasteiger partial charge in [0.25, 0.3) is 0 Å². The van der Waals surface area contributed by atoms with E-state index < -0.39 is 18.0 Å². The monoisotopic (exact) mass is 285 g/mol. The molecule has 1 rings (SSSR count). The van der Waals surface area contributed by atoms with E-state index in [-0.39, 0.29) is 24.7 Å². The van der Waals surface area contributed by atoms with E-state index in [1.807, 2.05) is 0 Å². The number of pyridine rings is 1. The fourth-order valence-corrected chi connectivity index (χ4v) is 1.68. The van der Waals surface area contributed by atoms with Crippen molar-refractivity contribution in [3.8, 4) is 0 Å². The lowest BCUT2D eigenvalue weighted by Crippen LogP contribution is -2.26. The summed E-state index contributed by atoms with van der Waals surface area (Å²) in [5.41, 5.74) is 0.862. The Kier molecular flexibility index (Phi) is 6.31. The second kappa shape index (κ2) is 7.75. The first-order valence-corrected chi connectivity index (χ1v) is 6.16. The average molecular weight is 285 g/mol. The number of carboxylic acids is 2. The van der Waals surface area contributed by atoms with Crippen LogP contribution >= 0.6 is 12.6 Å². The molecule has 0 radical (unpaired) electrons. The van der Waals surface area contributed by atoms with E-state index in [0.29, 0.717) is 0 Å². The summed E-state index contributed by atoms with van der Waals surface area (Å²) >= 11 is 4.31. The van der Waals surface area contributed by atoms with Gasteiger partial charge in [-0.3, -0.25) is 9.78 Å². The minimum absolute atomic E-state index is 0.0679. The summed E-state index contributed by atoms with van der Waals surface area (Å²) in [6.07, 6.45) is 1.77. The van der Waals surface area contributed by atoms with E-state index >= 15 is 0 Å². The molecule has 1 aromatic rings. The van der Waals surface area contributed by atoms with Crippen molar-refractivity contribution in [1.29, 1.82) is 0 Å². The minimum atomic E-state index is -1.17. The zero-order valence-electron chi connectivity index (χ0n) is 10.1. The fraction of sp³-hybridized carbons (Fsp3) is 0.417. The highest BCUT2D eigenvalue weighted by Crippen LogP contribution is 2.20. The van der Waals surface area contributed by atoms with Gasteiger partial charge in [0.05, 0.1) is 11.9 Å². The number of aromatic nitrogens is 1. The van der Waals surface area contributed by atoms with Gasteiger partial charge in [0.15, 0.2) is 6.10 Å². The van der Waals surface area contributed by atoms with Crippen molar-refractivity contribution in [2.45, 2.75) is 24.2 Å². The Balaban J connectivity index is 2.47.